The summed E-state index contributed by atoms with van der Waals surface area (Å²) in [5.41, 5.74) is 1.08. The van der Waals surface area contributed by atoms with E-state index < -0.39 is 6.67 Å². The van der Waals surface area contributed by atoms with Crippen LogP contribution in [0, 0.1) is 6.92 Å². The summed E-state index contributed by atoms with van der Waals surface area (Å²) in [6.45, 7) is 1.21. The van der Waals surface area contributed by atoms with Crippen molar-refractivity contribution in [3.05, 3.63) is 43.9 Å². The number of aryl methyl sites for hydroxylation is 1. The molecule has 22 heavy (non-hydrogen) atoms. The topological polar surface area (TPSA) is 41.1 Å². The predicted molar refractivity (Wildman–Crippen MR) is 92.5 cm³/mol. The Hall–Kier alpha value is -1.02. The molecule has 4 nitrogen and oxygen atoms in total. The number of aromatic nitrogens is 2. The minimum atomic E-state index is -0.557. The molecule has 0 fully saturated rings. The number of alkyl halides is 1. The monoisotopic (exact) mass is 376 g/mol. The summed E-state index contributed by atoms with van der Waals surface area (Å²) < 4.78 is 13.7. The van der Waals surface area contributed by atoms with Gasteiger partial charge >= 0.3 is 0 Å². The van der Waals surface area contributed by atoms with Crippen LogP contribution in [0.15, 0.2) is 23.1 Å². The standard InChI is InChI=1S/C13H11Cl2FN4S2/c1-7-17-9(14)4-10(18-7)19-13-20(2-3-21-13)11-8(5-16)6-22-12(11)15/h2-4,6,13H,5H2,1H3,(H,17,18,19). The maximum atomic E-state index is 13.1. The van der Waals surface area contributed by atoms with Gasteiger partial charge in [-0.3, -0.25) is 0 Å². The first-order valence-electron chi connectivity index (χ1n) is 6.28. The number of rotatable bonds is 4. The highest BCUT2D eigenvalue weighted by Crippen LogP contribution is 2.41. The zero-order valence-corrected chi connectivity index (χ0v) is 14.5. The number of nitrogens with one attached hydrogen (secondary N) is 1. The van der Waals surface area contributed by atoms with Gasteiger partial charge in [0.05, 0.1) is 5.69 Å². The van der Waals surface area contributed by atoms with Crippen molar-refractivity contribution in [3.63, 3.8) is 0 Å². The number of halogens is 3. The van der Waals surface area contributed by atoms with Crippen molar-refractivity contribution in [3.8, 4) is 0 Å². The first-order chi connectivity index (χ1) is 10.6. The molecule has 116 valence electrons. The minimum Gasteiger partial charge on any atom is -0.341 e. The second-order valence-electron chi connectivity index (χ2n) is 4.47. The van der Waals surface area contributed by atoms with Gasteiger partial charge in [-0.2, -0.15) is 0 Å². The van der Waals surface area contributed by atoms with Crippen molar-refractivity contribution >= 4 is 57.8 Å². The van der Waals surface area contributed by atoms with Crippen LogP contribution in [0.1, 0.15) is 11.4 Å². The summed E-state index contributed by atoms with van der Waals surface area (Å²) in [5.74, 6) is 1.19. The van der Waals surface area contributed by atoms with E-state index in [2.05, 4.69) is 15.3 Å². The van der Waals surface area contributed by atoms with Crippen molar-refractivity contribution in [1.82, 2.24) is 9.97 Å². The van der Waals surface area contributed by atoms with Crippen LogP contribution in [0.3, 0.4) is 0 Å². The molecule has 0 saturated heterocycles. The predicted octanol–water partition coefficient (Wildman–Crippen LogP) is 5.04. The summed E-state index contributed by atoms with van der Waals surface area (Å²) in [4.78, 5) is 10.2. The first-order valence-corrected chi connectivity index (χ1v) is 8.86. The number of thioether (sulfide) groups is 1. The quantitative estimate of drug-likeness (QED) is 0.756. The summed E-state index contributed by atoms with van der Waals surface area (Å²) in [7, 11) is 0. The molecule has 2 aromatic heterocycles. The third-order valence-electron chi connectivity index (χ3n) is 2.96. The Labute approximate surface area is 145 Å². The van der Waals surface area contributed by atoms with Gasteiger partial charge in [-0.25, -0.2) is 14.4 Å². The molecule has 0 spiro atoms. The fourth-order valence-corrected chi connectivity index (χ4v) is 4.26. The number of hydrogen-bond acceptors (Lipinski definition) is 6. The van der Waals surface area contributed by atoms with Crippen LogP contribution >= 0.6 is 46.3 Å². The van der Waals surface area contributed by atoms with Gasteiger partial charge in [-0.1, -0.05) is 35.0 Å². The Balaban J connectivity index is 1.86. The molecule has 0 aromatic carbocycles. The summed E-state index contributed by atoms with van der Waals surface area (Å²) >= 11 is 15.0. The Kier molecular flexibility index (Phi) is 4.77. The molecule has 1 N–H and O–H groups in total. The Bertz CT molecular complexity index is 702. The van der Waals surface area contributed by atoms with E-state index in [1.165, 1.54) is 23.1 Å². The van der Waals surface area contributed by atoms with Gasteiger partial charge in [-0.05, 0) is 12.3 Å². The molecule has 0 radical (unpaired) electrons. The first kappa shape index (κ1) is 15.9. The van der Waals surface area contributed by atoms with Crippen molar-refractivity contribution in [2.75, 3.05) is 10.2 Å². The van der Waals surface area contributed by atoms with E-state index in [0.717, 1.165) is 0 Å². The number of thiophene rings is 1. The molecule has 1 unspecified atom stereocenters. The van der Waals surface area contributed by atoms with Gasteiger partial charge < -0.3 is 10.2 Å². The van der Waals surface area contributed by atoms with E-state index in [1.807, 2.05) is 16.5 Å². The number of hydrogen-bond donors (Lipinski definition) is 1. The fourth-order valence-electron chi connectivity index (χ4n) is 2.07. The van der Waals surface area contributed by atoms with Gasteiger partial charge in [0.1, 0.15) is 27.8 Å². The highest BCUT2D eigenvalue weighted by Gasteiger charge is 2.27. The minimum absolute atomic E-state index is 0.178. The molecule has 0 saturated carbocycles. The van der Waals surface area contributed by atoms with Crippen molar-refractivity contribution in [2.45, 2.75) is 19.1 Å². The fraction of sp³-hybridized carbons (Fsp3) is 0.231. The Morgan fingerprint density at radius 2 is 2.23 bits per heavy atom. The lowest BCUT2D eigenvalue weighted by molar-refractivity contribution is 0.486. The number of nitrogens with zero attached hydrogens (tertiary/aromatic N) is 3. The molecular formula is C13H11Cl2FN4S2. The molecule has 2 aromatic rings. The van der Waals surface area contributed by atoms with Crippen LogP contribution < -0.4 is 10.2 Å². The third-order valence-corrected chi connectivity index (χ3v) is 5.28. The molecule has 0 bridgehead atoms. The average Bonchev–Trinajstić information content (AvgIpc) is 3.03. The largest absolute Gasteiger partial charge is 0.341 e. The van der Waals surface area contributed by atoms with Gasteiger partial charge in [0.15, 0.2) is 5.50 Å². The maximum absolute atomic E-state index is 13.1. The van der Waals surface area contributed by atoms with Crippen LogP contribution in [0.5, 0.6) is 0 Å². The van der Waals surface area contributed by atoms with E-state index in [4.69, 9.17) is 23.2 Å². The normalized spacial score (nSPS) is 17.3. The van der Waals surface area contributed by atoms with Crippen molar-refractivity contribution < 1.29 is 4.39 Å². The van der Waals surface area contributed by atoms with E-state index in [0.29, 0.717) is 32.4 Å². The molecule has 3 heterocycles. The summed E-state index contributed by atoms with van der Waals surface area (Å²) in [6.07, 6.45) is 1.87. The smallest absolute Gasteiger partial charge is 0.157 e. The van der Waals surface area contributed by atoms with Gasteiger partial charge in [0.25, 0.3) is 0 Å². The van der Waals surface area contributed by atoms with Gasteiger partial charge in [-0.15, -0.1) is 11.3 Å². The van der Waals surface area contributed by atoms with E-state index in [9.17, 15) is 4.39 Å². The average molecular weight is 377 g/mol. The molecule has 1 aliphatic heterocycles. The summed E-state index contributed by atoms with van der Waals surface area (Å²) in [5, 5.41) is 7.28. The molecule has 9 heteroatoms. The van der Waals surface area contributed by atoms with Crippen LogP contribution in [-0.2, 0) is 6.67 Å². The molecule has 1 aliphatic rings. The lowest BCUT2D eigenvalue weighted by Crippen LogP contribution is -2.32. The SMILES string of the molecule is Cc1nc(Cl)cc(NC2SC=CN2c2c(CF)csc2Cl)n1. The molecule has 1 atom stereocenters. The lowest BCUT2D eigenvalue weighted by Gasteiger charge is -2.26. The molecule has 0 aliphatic carbocycles. The van der Waals surface area contributed by atoms with Crippen LogP contribution in [0.4, 0.5) is 15.9 Å². The van der Waals surface area contributed by atoms with Crippen LogP contribution in [0.2, 0.25) is 9.49 Å². The van der Waals surface area contributed by atoms with E-state index in [-0.39, 0.29) is 5.50 Å². The lowest BCUT2D eigenvalue weighted by atomic mass is 10.3. The third kappa shape index (κ3) is 3.17. The van der Waals surface area contributed by atoms with E-state index in [1.54, 1.807) is 18.4 Å². The molecule has 0 amide bonds. The maximum Gasteiger partial charge on any atom is 0.157 e. The highest BCUT2D eigenvalue weighted by molar-refractivity contribution is 8.03. The number of anilines is 2. The Morgan fingerprint density at radius 3 is 2.95 bits per heavy atom. The van der Waals surface area contributed by atoms with Crippen molar-refractivity contribution in [2.24, 2.45) is 0 Å². The Morgan fingerprint density at radius 1 is 1.41 bits per heavy atom. The van der Waals surface area contributed by atoms with Gasteiger partial charge in [0.2, 0.25) is 0 Å². The molecule has 3 rings (SSSR count). The van der Waals surface area contributed by atoms with Crippen LogP contribution in [0.25, 0.3) is 0 Å². The zero-order chi connectivity index (χ0) is 15.7. The second-order valence-corrected chi connectivity index (χ2v) is 7.33. The molecular weight excluding hydrogens is 366 g/mol. The zero-order valence-electron chi connectivity index (χ0n) is 11.4. The van der Waals surface area contributed by atoms with Crippen LogP contribution in [-0.4, -0.2) is 15.5 Å². The summed E-state index contributed by atoms with van der Waals surface area (Å²) in [6, 6.07) is 1.65. The second kappa shape index (κ2) is 6.62. The van der Waals surface area contributed by atoms with Crippen molar-refractivity contribution in [1.29, 1.82) is 0 Å². The highest BCUT2D eigenvalue weighted by atomic mass is 35.5. The van der Waals surface area contributed by atoms with E-state index >= 15 is 0 Å². The van der Waals surface area contributed by atoms with Gasteiger partial charge in [0, 0.05) is 23.2 Å².